The normalized spacial score (nSPS) is 24.8. The first-order valence-electron chi connectivity index (χ1n) is 5.48. The van der Waals surface area contributed by atoms with Gasteiger partial charge in [0.2, 0.25) is 0 Å². The molecule has 0 spiro atoms. The molecular formula is C12H13N3O. The largest absolute Gasteiger partial charge is 0.385 e. The molecule has 1 fully saturated rings. The van der Waals surface area contributed by atoms with E-state index in [-0.39, 0.29) is 12.1 Å². The second kappa shape index (κ2) is 3.33. The smallest absolute Gasteiger partial charge is 0.346 e. The van der Waals surface area contributed by atoms with Crippen molar-refractivity contribution in [3.63, 3.8) is 0 Å². The molecule has 1 aliphatic carbocycles. The maximum Gasteiger partial charge on any atom is 0.346 e. The fourth-order valence-electron chi connectivity index (χ4n) is 2.17. The number of nitrogens with zero attached hydrogens (tertiary/aromatic N) is 2. The number of hydrogen-bond donors (Lipinski definition) is 1. The standard InChI is InChI=1S/C12H13N3O/c13-11-10(8-4-2-1-3-5-8)15(9-6-7-9)12(16)14-11/h1-5,9-10H,6-7H2,(H2,13,14,16). The Kier molecular flexibility index (Phi) is 1.96. The molecule has 1 aliphatic heterocycles. The minimum Gasteiger partial charge on any atom is -0.385 e. The van der Waals surface area contributed by atoms with Gasteiger partial charge in [-0.15, -0.1) is 0 Å². The fourth-order valence-corrected chi connectivity index (χ4v) is 2.17. The third-order valence-corrected chi connectivity index (χ3v) is 3.06. The second-order valence-electron chi connectivity index (χ2n) is 4.27. The maximum absolute atomic E-state index is 11.7. The zero-order valence-electron chi connectivity index (χ0n) is 8.84. The van der Waals surface area contributed by atoms with Gasteiger partial charge in [-0.2, -0.15) is 4.99 Å². The Bertz CT molecular complexity index is 451. The van der Waals surface area contributed by atoms with Crippen molar-refractivity contribution in [3.8, 4) is 0 Å². The molecule has 0 radical (unpaired) electrons. The van der Waals surface area contributed by atoms with Crippen LogP contribution in [0.2, 0.25) is 0 Å². The molecule has 1 unspecified atom stereocenters. The molecule has 0 bridgehead atoms. The first kappa shape index (κ1) is 9.39. The summed E-state index contributed by atoms with van der Waals surface area (Å²) in [6.45, 7) is 0. The van der Waals surface area contributed by atoms with Crippen LogP contribution in [0.5, 0.6) is 0 Å². The molecule has 2 amide bonds. The summed E-state index contributed by atoms with van der Waals surface area (Å²) in [5.41, 5.74) is 6.89. The first-order valence-corrected chi connectivity index (χ1v) is 5.48. The molecule has 1 saturated carbocycles. The predicted molar refractivity (Wildman–Crippen MR) is 61.1 cm³/mol. The van der Waals surface area contributed by atoms with E-state index >= 15 is 0 Å². The predicted octanol–water partition coefficient (Wildman–Crippen LogP) is 1.68. The zero-order valence-corrected chi connectivity index (χ0v) is 8.84. The van der Waals surface area contributed by atoms with Crippen molar-refractivity contribution in [3.05, 3.63) is 35.9 Å². The van der Waals surface area contributed by atoms with E-state index in [1.165, 1.54) is 0 Å². The van der Waals surface area contributed by atoms with E-state index in [9.17, 15) is 4.79 Å². The average molecular weight is 215 g/mol. The number of aliphatic imine (C=N–C) groups is 1. The van der Waals surface area contributed by atoms with Crippen molar-refractivity contribution in [1.29, 1.82) is 0 Å². The van der Waals surface area contributed by atoms with E-state index in [1.807, 2.05) is 35.2 Å². The highest BCUT2D eigenvalue weighted by molar-refractivity contribution is 6.03. The van der Waals surface area contributed by atoms with Crippen molar-refractivity contribution in [2.24, 2.45) is 10.7 Å². The van der Waals surface area contributed by atoms with Crippen LogP contribution in [0.15, 0.2) is 35.3 Å². The Morgan fingerprint density at radius 2 is 1.94 bits per heavy atom. The molecule has 0 aromatic heterocycles. The molecular weight excluding hydrogens is 202 g/mol. The summed E-state index contributed by atoms with van der Waals surface area (Å²) in [4.78, 5) is 17.4. The molecule has 4 heteroatoms. The van der Waals surface area contributed by atoms with Gasteiger partial charge in [0.25, 0.3) is 0 Å². The Balaban J connectivity index is 1.98. The van der Waals surface area contributed by atoms with Gasteiger partial charge in [-0.25, -0.2) is 4.79 Å². The summed E-state index contributed by atoms with van der Waals surface area (Å²) in [7, 11) is 0. The van der Waals surface area contributed by atoms with Gasteiger partial charge in [0.05, 0.1) is 0 Å². The lowest BCUT2D eigenvalue weighted by Gasteiger charge is -2.24. The number of nitrogens with two attached hydrogens (primary N) is 1. The van der Waals surface area contributed by atoms with Crippen LogP contribution < -0.4 is 5.73 Å². The molecule has 1 heterocycles. The summed E-state index contributed by atoms with van der Waals surface area (Å²) in [5.74, 6) is 0.420. The lowest BCUT2D eigenvalue weighted by Crippen LogP contribution is -2.34. The number of benzene rings is 1. The third kappa shape index (κ3) is 1.38. The molecule has 82 valence electrons. The van der Waals surface area contributed by atoms with Crippen molar-refractivity contribution >= 4 is 11.9 Å². The molecule has 3 rings (SSSR count). The minimum absolute atomic E-state index is 0.152. The summed E-state index contributed by atoms with van der Waals surface area (Å²) >= 11 is 0. The quantitative estimate of drug-likeness (QED) is 0.816. The van der Waals surface area contributed by atoms with Gasteiger partial charge in [0, 0.05) is 6.04 Å². The van der Waals surface area contributed by atoms with E-state index in [0.29, 0.717) is 11.9 Å². The number of amidine groups is 1. The second-order valence-corrected chi connectivity index (χ2v) is 4.27. The summed E-state index contributed by atoms with van der Waals surface area (Å²) in [6.07, 6.45) is 2.13. The Hall–Kier alpha value is -1.84. The Morgan fingerprint density at radius 1 is 1.25 bits per heavy atom. The van der Waals surface area contributed by atoms with Crippen LogP contribution in [0.4, 0.5) is 4.79 Å². The number of rotatable bonds is 2. The number of carbonyl (C=O) groups is 1. The summed E-state index contributed by atoms with van der Waals surface area (Å²) in [5, 5.41) is 0. The molecule has 0 saturated heterocycles. The van der Waals surface area contributed by atoms with Gasteiger partial charge in [-0.3, -0.25) is 0 Å². The van der Waals surface area contributed by atoms with E-state index in [4.69, 9.17) is 5.73 Å². The van der Waals surface area contributed by atoms with Crippen LogP contribution in [-0.2, 0) is 0 Å². The number of hydrogen-bond acceptors (Lipinski definition) is 2. The Labute approximate surface area is 93.8 Å². The van der Waals surface area contributed by atoms with Gasteiger partial charge in [0.1, 0.15) is 11.9 Å². The van der Waals surface area contributed by atoms with Crippen LogP contribution >= 0.6 is 0 Å². The van der Waals surface area contributed by atoms with Crippen LogP contribution in [0.25, 0.3) is 0 Å². The minimum atomic E-state index is -0.186. The summed E-state index contributed by atoms with van der Waals surface area (Å²) in [6, 6.07) is 9.84. The van der Waals surface area contributed by atoms with Gasteiger partial charge in [-0.05, 0) is 18.4 Å². The fraction of sp³-hybridized carbons (Fsp3) is 0.333. The van der Waals surface area contributed by atoms with E-state index < -0.39 is 0 Å². The SMILES string of the molecule is NC1=NC(=O)N(C2CC2)C1c1ccccc1. The van der Waals surface area contributed by atoms with Crippen molar-refractivity contribution < 1.29 is 4.79 Å². The van der Waals surface area contributed by atoms with Crippen LogP contribution in [0.1, 0.15) is 24.4 Å². The molecule has 1 aromatic rings. The first-order chi connectivity index (χ1) is 7.77. The van der Waals surface area contributed by atoms with E-state index in [2.05, 4.69) is 4.99 Å². The molecule has 16 heavy (non-hydrogen) atoms. The van der Waals surface area contributed by atoms with Gasteiger partial charge in [-0.1, -0.05) is 30.3 Å². The monoisotopic (exact) mass is 215 g/mol. The third-order valence-electron chi connectivity index (χ3n) is 3.06. The maximum atomic E-state index is 11.7. The van der Waals surface area contributed by atoms with Gasteiger partial charge >= 0.3 is 6.03 Å². The highest BCUT2D eigenvalue weighted by atomic mass is 16.2. The molecule has 2 N–H and O–H groups in total. The molecule has 2 aliphatic rings. The highest BCUT2D eigenvalue weighted by Gasteiger charge is 2.43. The van der Waals surface area contributed by atoms with E-state index in [0.717, 1.165) is 18.4 Å². The van der Waals surface area contributed by atoms with Crippen LogP contribution in [0.3, 0.4) is 0 Å². The molecule has 1 aromatic carbocycles. The van der Waals surface area contributed by atoms with Crippen LogP contribution in [0, 0.1) is 0 Å². The lowest BCUT2D eigenvalue weighted by atomic mass is 10.1. The molecule has 1 atom stereocenters. The average Bonchev–Trinajstić information content (AvgIpc) is 3.06. The van der Waals surface area contributed by atoms with E-state index in [1.54, 1.807) is 0 Å². The van der Waals surface area contributed by atoms with Crippen LogP contribution in [-0.4, -0.2) is 22.8 Å². The van der Waals surface area contributed by atoms with Crippen molar-refractivity contribution in [2.45, 2.75) is 24.9 Å². The molecule has 4 nitrogen and oxygen atoms in total. The topological polar surface area (TPSA) is 58.7 Å². The number of carbonyl (C=O) groups excluding carboxylic acids is 1. The van der Waals surface area contributed by atoms with Gasteiger partial charge < -0.3 is 10.6 Å². The number of urea groups is 1. The highest BCUT2D eigenvalue weighted by Crippen LogP contribution is 2.37. The zero-order chi connectivity index (χ0) is 11.1. The Morgan fingerprint density at radius 3 is 2.56 bits per heavy atom. The van der Waals surface area contributed by atoms with Gasteiger partial charge in [0.15, 0.2) is 0 Å². The summed E-state index contributed by atoms with van der Waals surface area (Å²) < 4.78 is 0. The lowest BCUT2D eigenvalue weighted by molar-refractivity contribution is 0.203. The number of amides is 2. The van der Waals surface area contributed by atoms with Crippen molar-refractivity contribution in [2.75, 3.05) is 0 Å². The van der Waals surface area contributed by atoms with Crippen molar-refractivity contribution in [1.82, 2.24) is 4.90 Å².